The molecule has 2 aromatic carbocycles. The predicted octanol–water partition coefficient (Wildman–Crippen LogP) is 2.86. The summed E-state index contributed by atoms with van der Waals surface area (Å²) in [6.07, 6.45) is 2.34. The van der Waals surface area contributed by atoms with Crippen LogP contribution >= 0.6 is 0 Å². The molecule has 0 radical (unpaired) electrons. The van der Waals surface area contributed by atoms with Crippen LogP contribution in [0, 0.1) is 5.82 Å². The van der Waals surface area contributed by atoms with Gasteiger partial charge in [-0.25, -0.2) is 4.39 Å². The van der Waals surface area contributed by atoms with Gasteiger partial charge in [0.2, 0.25) is 5.91 Å². The zero-order chi connectivity index (χ0) is 19.8. The highest BCUT2D eigenvalue weighted by Gasteiger charge is 2.19. The summed E-state index contributed by atoms with van der Waals surface area (Å²) in [6.45, 7) is 2.83. The molecule has 1 aliphatic heterocycles. The minimum absolute atomic E-state index is 0.212. The Labute approximate surface area is 165 Å². The van der Waals surface area contributed by atoms with Gasteiger partial charge < -0.3 is 15.5 Å². The van der Waals surface area contributed by atoms with E-state index >= 15 is 0 Å². The lowest BCUT2D eigenvalue weighted by atomic mass is 10.1. The predicted molar refractivity (Wildman–Crippen MR) is 109 cm³/mol. The summed E-state index contributed by atoms with van der Waals surface area (Å²) in [5.41, 5.74) is 3.23. The molecule has 1 amide bonds. The van der Waals surface area contributed by atoms with Gasteiger partial charge in [0.15, 0.2) is 5.96 Å². The van der Waals surface area contributed by atoms with Crippen molar-refractivity contribution in [2.45, 2.75) is 32.4 Å². The molecule has 148 valence electrons. The average molecular weight is 382 g/mol. The van der Waals surface area contributed by atoms with Crippen molar-refractivity contribution >= 4 is 11.9 Å². The molecule has 6 heteroatoms. The second kappa shape index (κ2) is 9.88. The average Bonchev–Trinajstić information content (AvgIpc) is 3.09. The molecule has 0 saturated carbocycles. The summed E-state index contributed by atoms with van der Waals surface area (Å²) < 4.78 is 13.2. The van der Waals surface area contributed by atoms with Crippen molar-refractivity contribution in [2.75, 3.05) is 20.1 Å². The molecule has 0 unspecified atom stereocenters. The number of benzene rings is 2. The summed E-state index contributed by atoms with van der Waals surface area (Å²) in [6, 6.07) is 14.9. The summed E-state index contributed by atoms with van der Waals surface area (Å²) in [5.74, 6) is 0.735. The number of halogens is 1. The molecule has 1 heterocycles. The topological polar surface area (TPSA) is 56.7 Å². The van der Waals surface area contributed by atoms with Crippen LogP contribution in [0.4, 0.5) is 4.39 Å². The number of aliphatic imine (C=N–C) groups is 1. The van der Waals surface area contributed by atoms with Crippen LogP contribution in [0.3, 0.4) is 0 Å². The third kappa shape index (κ3) is 5.81. The van der Waals surface area contributed by atoms with Gasteiger partial charge in [0, 0.05) is 39.6 Å². The minimum Gasteiger partial charge on any atom is -0.356 e. The number of nitrogens with zero attached hydrogens (tertiary/aromatic N) is 2. The fourth-order valence-corrected chi connectivity index (χ4v) is 3.35. The first kappa shape index (κ1) is 19.9. The molecule has 2 aromatic rings. The first-order valence-electron chi connectivity index (χ1n) is 9.68. The van der Waals surface area contributed by atoms with Crippen LogP contribution < -0.4 is 10.6 Å². The Balaban J connectivity index is 1.46. The van der Waals surface area contributed by atoms with E-state index in [9.17, 15) is 9.18 Å². The molecule has 0 spiro atoms. The van der Waals surface area contributed by atoms with E-state index in [0.717, 1.165) is 36.1 Å². The van der Waals surface area contributed by atoms with Gasteiger partial charge in [-0.05, 0) is 41.7 Å². The van der Waals surface area contributed by atoms with Crippen molar-refractivity contribution in [3.8, 4) is 0 Å². The number of carbonyl (C=O) groups excluding carboxylic acids is 1. The molecule has 1 fully saturated rings. The summed E-state index contributed by atoms with van der Waals surface area (Å²) >= 11 is 0. The van der Waals surface area contributed by atoms with Crippen molar-refractivity contribution in [1.29, 1.82) is 0 Å². The number of likely N-dealkylation sites (tertiary alicyclic amines) is 1. The van der Waals surface area contributed by atoms with E-state index in [1.807, 2.05) is 17.0 Å². The Bertz CT molecular complexity index is 837. The van der Waals surface area contributed by atoms with Gasteiger partial charge in [0.05, 0.1) is 0 Å². The molecule has 28 heavy (non-hydrogen) atoms. The number of hydrogen-bond donors (Lipinski definition) is 2. The normalized spacial score (nSPS) is 14.4. The maximum atomic E-state index is 13.2. The Morgan fingerprint density at radius 1 is 1.11 bits per heavy atom. The maximum Gasteiger partial charge on any atom is 0.222 e. The first-order chi connectivity index (χ1) is 13.6. The van der Waals surface area contributed by atoms with Crippen LogP contribution in [0.25, 0.3) is 0 Å². The third-order valence-electron chi connectivity index (χ3n) is 4.81. The second-order valence-corrected chi connectivity index (χ2v) is 6.97. The van der Waals surface area contributed by atoms with Crippen LogP contribution in [0.15, 0.2) is 53.5 Å². The summed E-state index contributed by atoms with van der Waals surface area (Å²) in [5, 5.41) is 6.55. The lowest BCUT2D eigenvalue weighted by molar-refractivity contribution is -0.128. The van der Waals surface area contributed by atoms with Crippen LogP contribution in [0.1, 0.15) is 29.5 Å². The van der Waals surface area contributed by atoms with Crippen molar-refractivity contribution in [1.82, 2.24) is 15.5 Å². The molecule has 0 bridgehead atoms. The fourth-order valence-electron chi connectivity index (χ4n) is 3.35. The van der Waals surface area contributed by atoms with Gasteiger partial charge in [-0.2, -0.15) is 0 Å². The smallest absolute Gasteiger partial charge is 0.222 e. The third-order valence-corrected chi connectivity index (χ3v) is 4.81. The monoisotopic (exact) mass is 382 g/mol. The highest BCUT2D eigenvalue weighted by atomic mass is 19.1. The van der Waals surface area contributed by atoms with Gasteiger partial charge in [-0.1, -0.05) is 36.4 Å². The number of carbonyl (C=O) groups is 1. The Morgan fingerprint density at radius 2 is 1.89 bits per heavy atom. The Morgan fingerprint density at radius 3 is 2.64 bits per heavy atom. The van der Waals surface area contributed by atoms with Gasteiger partial charge in [0.25, 0.3) is 0 Å². The highest BCUT2D eigenvalue weighted by Crippen LogP contribution is 2.15. The second-order valence-electron chi connectivity index (χ2n) is 6.97. The van der Waals surface area contributed by atoms with Crippen molar-refractivity contribution in [3.05, 3.63) is 71.0 Å². The molecule has 0 aromatic heterocycles. The maximum absolute atomic E-state index is 13.2. The summed E-state index contributed by atoms with van der Waals surface area (Å²) in [7, 11) is 1.73. The highest BCUT2D eigenvalue weighted by molar-refractivity contribution is 5.79. The van der Waals surface area contributed by atoms with Crippen LogP contribution in [-0.2, 0) is 24.3 Å². The van der Waals surface area contributed by atoms with E-state index in [0.29, 0.717) is 32.0 Å². The lowest BCUT2D eigenvalue weighted by Crippen LogP contribution is -2.37. The molecule has 0 aliphatic carbocycles. The van der Waals surface area contributed by atoms with Crippen LogP contribution in [0.5, 0.6) is 0 Å². The van der Waals surface area contributed by atoms with Gasteiger partial charge in [0.1, 0.15) is 5.82 Å². The van der Waals surface area contributed by atoms with E-state index < -0.39 is 0 Å². The number of rotatable bonds is 7. The largest absolute Gasteiger partial charge is 0.356 e. The van der Waals surface area contributed by atoms with E-state index in [4.69, 9.17) is 0 Å². The fraction of sp³-hybridized carbons (Fsp3) is 0.364. The van der Waals surface area contributed by atoms with Gasteiger partial charge >= 0.3 is 0 Å². The molecule has 2 N–H and O–H groups in total. The van der Waals surface area contributed by atoms with Gasteiger partial charge in [-0.3, -0.25) is 9.79 Å². The zero-order valence-electron chi connectivity index (χ0n) is 16.2. The van der Waals surface area contributed by atoms with Crippen LogP contribution in [0.2, 0.25) is 0 Å². The lowest BCUT2D eigenvalue weighted by Gasteiger charge is -2.16. The van der Waals surface area contributed by atoms with Crippen molar-refractivity contribution in [3.63, 3.8) is 0 Å². The minimum atomic E-state index is -0.212. The molecular weight excluding hydrogens is 355 g/mol. The SMILES string of the molecule is CN=C(NCCc1cccc(F)c1)NCc1cccc(CN2CCCC2=O)c1. The molecule has 1 aliphatic rings. The molecular formula is C22H27FN4O. The number of nitrogens with one attached hydrogen (secondary N) is 2. The quantitative estimate of drug-likeness (QED) is 0.572. The molecule has 5 nitrogen and oxygen atoms in total. The summed E-state index contributed by atoms with van der Waals surface area (Å²) in [4.78, 5) is 18.0. The number of hydrogen-bond acceptors (Lipinski definition) is 2. The standard InChI is InChI=1S/C22H27FN4O/c1-24-22(25-11-10-17-5-3-8-20(23)14-17)26-15-18-6-2-7-19(13-18)16-27-12-4-9-21(27)28/h2-3,5-8,13-14H,4,9-12,15-16H2,1H3,(H2,24,25,26). The molecule has 3 rings (SSSR count). The van der Waals surface area contributed by atoms with Crippen molar-refractivity contribution < 1.29 is 9.18 Å². The van der Waals surface area contributed by atoms with Crippen molar-refractivity contribution in [2.24, 2.45) is 4.99 Å². The van der Waals surface area contributed by atoms with Gasteiger partial charge in [-0.15, -0.1) is 0 Å². The zero-order valence-corrected chi connectivity index (χ0v) is 16.2. The number of amides is 1. The number of guanidine groups is 1. The molecule has 0 atom stereocenters. The van der Waals surface area contributed by atoms with E-state index in [2.05, 4.69) is 33.8 Å². The molecule has 1 saturated heterocycles. The van der Waals surface area contributed by atoms with Crippen LogP contribution in [-0.4, -0.2) is 36.9 Å². The first-order valence-corrected chi connectivity index (χ1v) is 9.68. The van der Waals surface area contributed by atoms with E-state index in [1.54, 1.807) is 19.2 Å². The Hall–Kier alpha value is -2.89. The Kier molecular flexibility index (Phi) is 7.00. The van der Waals surface area contributed by atoms with E-state index in [1.165, 1.54) is 6.07 Å². The van der Waals surface area contributed by atoms with E-state index in [-0.39, 0.29) is 11.7 Å².